The Labute approximate surface area is 85.4 Å². The van der Waals surface area contributed by atoms with Gasteiger partial charge >= 0.3 is 0 Å². The van der Waals surface area contributed by atoms with Crippen LogP contribution in [0.1, 0.15) is 19.5 Å². The van der Waals surface area contributed by atoms with E-state index in [0.29, 0.717) is 5.82 Å². The molecule has 0 aliphatic carbocycles. The molecule has 0 aliphatic rings. The van der Waals surface area contributed by atoms with Crippen molar-refractivity contribution in [2.75, 3.05) is 11.0 Å². The maximum atomic E-state index is 10.8. The van der Waals surface area contributed by atoms with E-state index < -0.39 is 10.0 Å². The van der Waals surface area contributed by atoms with E-state index in [0.717, 1.165) is 11.9 Å². The molecule has 0 bridgehead atoms. The molecule has 0 saturated heterocycles. The van der Waals surface area contributed by atoms with Crippen molar-refractivity contribution < 1.29 is 8.42 Å². The average molecular weight is 216 g/mol. The second-order valence-electron chi connectivity index (χ2n) is 2.54. The standard InChI is InChI=1S/C7H10N2O2S.C2H6/c1-6-4-3-5-7(8-6)9-12(2,10)11;1-2/h3-5H,1-2H3,(H,8,9);1-2H3. The molecular weight excluding hydrogens is 200 g/mol. The lowest BCUT2D eigenvalue weighted by atomic mass is 10.4. The van der Waals surface area contributed by atoms with Crippen LogP contribution in [0.5, 0.6) is 0 Å². The third-order valence-electron chi connectivity index (χ3n) is 1.18. The van der Waals surface area contributed by atoms with Crippen molar-refractivity contribution in [2.45, 2.75) is 20.8 Å². The lowest BCUT2D eigenvalue weighted by Crippen LogP contribution is -2.10. The molecule has 0 fully saturated rings. The summed E-state index contributed by atoms with van der Waals surface area (Å²) in [7, 11) is -3.21. The number of anilines is 1. The third-order valence-corrected chi connectivity index (χ3v) is 1.76. The molecule has 0 unspecified atom stereocenters. The van der Waals surface area contributed by atoms with Gasteiger partial charge in [0.2, 0.25) is 10.0 Å². The Hall–Kier alpha value is -1.10. The monoisotopic (exact) mass is 216 g/mol. The van der Waals surface area contributed by atoms with E-state index >= 15 is 0 Å². The van der Waals surface area contributed by atoms with Crippen molar-refractivity contribution in [2.24, 2.45) is 0 Å². The van der Waals surface area contributed by atoms with Crippen LogP contribution in [0.25, 0.3) is 0 Å². The first-order chi connectivity index (χ1) is 6.47. The van der Waals surface area contributed by atoms with Crippen molar-refractivity contribution in [3.63, 3.8) is 0 Å². The molecule has 4 nitrogen and oxygen atoms in total. The second kappa shape index (κ2) is 5.59. The van der Waals surface area contributed by atoms with Gasteiger partial charge in [0, 0.05) is 5.69 Å². The summed E-state index contributed by atoms with van der Waals surface area (Å²) in [6.45, 7) is 5.80. The average Bonchev–Trinajstić information content (AvgIpc) is 2.04. The summed E-state index contributed by atoms with van der Waals surface area (Å²) < 4.78 is 23.8. The van der Waals surface area contributed by atoms with Crippen molar-refractivity contribution in [1.82, 2.24) is 4.98 Å². The van der Waals surface area contributed by atoms with Gasteiger partial charge in [-0.1, -0.05) is 19.9 Å². The highest BCUT2D eigenvalue weighted by Gasteiger charge is 2.01. The Bertz CT molecular complexity index is 374. The van der Waals surface area contributed by atoms with Crippen LogP contribution in [0.15, 0.2) is 18.2 Å². The molecule has 0 saturated carbocycles. The van der Waals surface area contributed by atoms with Crippen LogP contribution in [-0.2, 0) is 10.0 Å². The first kappa shape index (κ1) is 12.9. The Morgan fingerprint density at radius 2 is 1.86 bits per heavy atom. The fraction of sp³-hybridized carbons (Fsp3) is 0.444. The molecule has 1 N–H and O–H groups in total. The molecule has 80 valence electrons. The van der Waals surface area contributed by atoms with E-state index in [-0.39, 0.29) is 0 Å². The Balaban J connectivity index is 0.000000791. The zero-order valence-corrected chi connectivity index (χ0v) is 9.72. The number of aromatic nitrogens is 1. The number of hydrogen-bond donors (Lipinski definition) is 1. The largest absolute Gasteiger partial charge is 0.268 e. The summed E-state index contributed by atoms with van der Waals surface area (Å²) >= 11 is 0. The van der Waals surface area contributed by atoms with Crippen LogP contribution >= 0.6 is 0 Å². The maximum absolute atomic E-state index is 10.8. The Morgan fingerprint density at radius 1 is 1.29 bits per heavy atom. The van der Waals surface area contributed by atoms with Crippen LogP contribution in [0.3, 0.4) is 0 Å². The minimum atomic E-state index is -3.21. The number of sulfonamides is 1. The summed E-state index contributed by atoms with van der Waals surface area (Å²) in [5.41, 5.74) is 0.781. The van der Waals surface area contributed by atoms with Gasteiger partial charge in [-0.05, 0) is 19.1 Å². The summed E-state index contributed by atoms with van der Waals surface area (Å²) in [5.74, 6) is 0.359. The van der Waals surface area contributed by atoms with Gasteiger partial charge in [-0.3, -0.25) is 4.72 Å². The summed E-state index contributed by atoms with van der Waals surface area (Å²) in [5, 5.41) is 0. The van der Waals surface area contributed by atoms with Gasteiger partial charge < -0.3 is 0 Å². The van der Waals surface area contributed by atoms with Crippen LogP contribution in [0.4, 0.5) is 5.82 Å². The lowest BCUT2D eigenvalue weighted by Gasteiger charge is -2.02. The van der Waals surface area contributed by atoms with Gasteiger partial charge in [0.1, 0.15) is 5.82 Å². The van der Waals surface area contributed by atoms with E-state index in [1.54, 1.807) is 25.1 Å². The van der Waals surface area contributed by atoms with Gasteiger partial charge in [-0.25, -0.2) is 13.4 Å². The van der Waals surface area contributed by atoms with E-state index in [1.807, 2.05) is 13.8 Å². The minimum Gasteiger partial charge on any atom is -0.268 e. The number of rotatable bonds is 2. The highest BCUT2D eigenvalue weighted by atomic mass is 32.2. The van der Waals surface area contributed by atoms with Crippen LogP contribution < -0.4 is 4.72 Å². The predicted molar refractivity (Wildman–Crippen MR) is 58.8 cm³/mol. The Kier molecular flexibility index (Phi) is 5.15. The molecule has 1 aromatic rings. The molecule has 0 radical (unpaired) electrons. The van der Waals surface area contributed by atoms with Crippen molar-refractivity contribution in [3.8, 4) is 0 Å². The summed E-state index contributed by atoms with van der Waals surface area (Å²) in [6, 6.07) is 5.15. The number of nitrogens with one attached hydrogen (secondary N) is 1. The predicted octanol–water partition coefficient (Wildman–Crippen LogP) is 1.79. The zero-order chi connectivity index (χ0) is 11.2. The molecule has 1 heterocycles. The number of hydrogen-bond acceptors (Lipinski definition) is 3. The molecule has 1 rings (SSSR count). The van der Waals surface area contributed by atoms with Crippen LogP contribution in [0.2, 0.25) is 0 Å². The molecule has 5 heteroatoms. The first-order valence-electron chi connectivity index (χ1n) is 4.39. The summed E-state index contributed by atoms with van der Waals surface area (Å²) in [4.78, 5) is 3.97. The zero-order valence-electron chi connectivity index (χ0n) is 8.90. The lowest BCUT2D eigenvalue weighted by molar-refractivity contribution is 0.606. The van der Waals surface area contributed by atoms with E-state index in [9.17, 15) is 8.42 Å². The molecule has 1 aromatic heterocycles. The summed E-state index contributed by atoms with van der Waals surface area (Å²) in [6.07, 6.45) is 1.09. The molecular formula is C9H16N2O2S. The molecule has 14 heavy (non-hydrogen) atoms. The normalized spacial score (nSPS) is 10.0. The van der Waals surface area contributed by atoms with Gasteiger partial charge in [0.25, 0.3) is 0 Å². The maximum Gasteiger partial charge on any atom is 0.230 e. The van der Waals surface area contributed by atoms with Gasteiger partial charge in [-0.15, -0.1) is 0 Å². The fourth-order valence-corrected chi connectivity index (χ4v) is 1.28. The molecule has 0 spiro atoms. The fourth-order valence-electron chi connectivity index (χ4n) is 0.790. The minimum absolute atomic E-state index is 0.359. The van der Waals surface area contributed by atoms with Crippen molar-refractivity contribution >= 4 is 15.8 Å². The molecule has 0 atom stereocenters. The Morgan fingerprint density at radius 3 is 2.29 bits per heavy atom. The highest BCUT2D eigenvalue weighted by molar-refractivity contribution is 7.92. The molecule has 0 amide bonds. The van der Waals surface area contributed by atoms with Gasteiger partial charge in [0.05, 0.1) is 6.26 Å². The third kappa shape index (κ3) is 5.53. The topological polar surface area (TPSA) is 59.1 Å². The first-order valence-corrected chi connectivity index (χ1v) is 6.28. The quantitative estimate of drug-likeness (QED) is 0.820. The van der Waals surface area contributed by atoms with Crippen LogP contribution in [-0.4, -0.2) is 19.7 Å². The number of aryl methyl sites for hydroxylation is 1. The van der Waals surface area contributed by atoms with Crippen LogP contribution in [0, 0.1) is 6.92 Å². The van der Waals surface area contributed by atoms with E-state index in [1.165, 1.54) is 0 Å². The van der Waals surface area contributed by atoms with Crippen molar-refractivity contribution in [3.05, 3.63) is 23.9 Å². The smallest absolute Gasteiger partial charge is 0.230 e. The van der Waals surface area contributed by atoms with Gasteiger partial charge in [-0.2, -0.15) is 0 Å². The molecule has 0 aromatic carbocycles. The SMILES string of the molecule is CC.Cc1cccc(NS(C)(=O)=O)n1. The van der Waals surface area contributed by atoms with E-state index in [2.05, 4.69) is 9.71 Å². The van der Waals surface area contributed by atoms with E-state index in [4.69, 9.17) is 0 Å². The molecule has 0 aliphatic heterocycles. The second-order valence-corrected chi connectivity index (χ2v) is 4.29. The van der Waals surface area contributed by atoms with Gasteiger partial charge in [0.15, 0.2) is 0 Å². The number of pyridine rings is 1. The highest BCUT2D eigenvalue weighted by Crippen LogP contribution is 2.04. The number of nitrogens with zero attached hydrogens (tertiary/aromatic N) is 1. The van der Waals surface area contributed by atoms with Crippen molar-refractivity contribution in [1.29, 1.82) is 0 Å².